The summed E-state index contributed by atoms with van der Waals surface area (Å²) in [6, 6.07) is 3.33. The van der Waals surface area contributed by atoms with Crippen molar-refractivity contribution in [1.82, 2.24) is 5.43 Å². The highest BCUT2D eigenvalue weighted by Gasteiger charge is 2.21. The first-order valence-electron chi connectivity index (χ1n) is 6.73. The van der Waals surface area contributed by atoms with E-state index in [1.54, 1.807) is 12.1 Å². The van der Waals surface area contributed by atoms with E-state index in [1.165, 1.54) is 25.7 Å². The van der Waals surface area contributed by atoms with Crippen LogP contribution in [0.1, 0.15) is 50.1 Å². The van der Waals surface area contributed by atoms with Crippen molar-refractivity contribution in [3.8, 4) is 0 Å². The Morgan fingerprint density at radius 3 is 2.74 bits per heavy atom. The van der Waals surface area contributed by atoms with Crippen LogP contribution in [0.3, 0.4) is 0 Å². The number of nitrogens with two attached hydrogens (primary N) is 1. The summed E-state index contributed by atoms with van der Waals surface area (Å²) in [5, 5.41) is 0.124. The maximum Gasteiger partial charge on any atom is 0.147 e. The van der Waals surface area contributed by atoms with Crippen LogP contribution >= 0.6 is 27.5 Å². The van der Waals surface area contributed by atoms with Gasteiger partial charge in [-0.1, -0.05) is 43.4 Å². The SMILES string of the molecule is NNC(CCC1CCCC1)c1ccc(Br)c(Cl)c1F. The molecule has 106 valence electrons. The normalized spacial score (nSPS) is 17.9. The molecule has 1 saturated carbocycles. The monoisotopic (exact) mass is 348 g/mol. The molecular formula is C14H19BrClFN2. The van der Waals surface area contributed by atoms with Gasteiger partial charge in [0.15, 0.2) is 0 Å². The third-order valence-electron chi connectivity index (χ3n) is 3.98. The molecule has 1 atom stereocenters. The van der Waals surface area contributed by atoms with E-state index < -0.39 is 0 Å². The van der Waals surface area contributed by atoms with E-state index in [0.717, 1.165) is 18.8 Å². The Bertz CT molecular complexity index is 436. The number of hydrogen-bond donors (Lipinski definition) is 2. The minimum absolute atomic E-state index is 0.124. The molecule has 1 aliphatic carbocycles. The molecule has 0 amide bonds. The Balaban J connectivity index is 2.06. The highest BCUT2D eigenvalue weighted by molar-refractivity contribution is 9.10. The third kappa shape index (κ3) is 3.69. The summed E-state index contributed by atoms with van der Waals surface area (Å²) in [7, 11) is 0. The lowest BCUT2D eigenvalue weighted by atomic mass is 9.95. The van der Waals surface area contributed by atoms with Gasteiger partial charge in [0.25, 0.3) is 0 Å². The molecule has 0 heterocycles. The fraction of sp³-hybridized carbons (Fsp3) is 0.571. The van der Waals surface area contributed by atoms with Crippen LogP contribution < -0.4 is 11.3 Å². The van der Waals surface area contributed by atoms with Gasteiger partial charge in [0.2, 0.25) is 0 Å². The summed E-state index contributed by atoms with van der Waals surface area (Å²) in [6.07, 6.45) is 7.16. The Kier molecular flexibility index (Phi) is 5.63. The molecule has 1 unspecified atom stereocenters. The van der Waals surface area contributed by atoms with E-state index in [9.17, 15) is 4.39 Å². The minimum Gasteiger partial charge on any atom is -0.271 e. The predicted molar refractivity (Wildman–Crippen MR) is 80.4 cm³/mol. The van der Waals surface area contributed by atoms with Crippen molar-refractivity contribution < 1.29 is 4.39 Å². The molecule has 3 N–H and O–H groups in total. The Morgan fingerprint density at radius 1 is 1.42 bits per heavy atom. The van der Waals surface area contributed by atoms with E-state index in [1.807, 2.05) is 0 Å². The number of benzene rings is 1. The Morgan fingerprint density at radius 2 is 2.11 bits per heavy atom. The van der Waals surface area contributed by atoms with E-state index in [4.69, 9.17) is 17.4 Å². The van der Waals surface area contributed by atoms with Gasteiger partial charge in [0.05, 0.1) is 5.02 Å². The quantitative estimate of drug-likeness (QED) is 0.459. The van der Waals surface area contributed by atoms with Gasteiger partial charge >= 0.3 is 0 Å². The number of nitrogens with one attached hydrogen (secondary N) is 1. The van der Waals surface area contributed by atoms with E-state index in [-0.39, 0.29) is 16.9 Å². The Hall–Kier alpha value is -0.160. The molecule has 2 rings (SSSR count). The fourth-order valence-electron chi connectivity index (χ4n) is 2.84. The van der Waals surface area contributed by atoms with Crippen LogP contribution in [0.15, 0.2) is 16.6 Å². The van der Waals surface area contributed by atoms with Gasteiger partial charge in [-0.2, -0.15) is 0 Å². The van der Waals surface area contributed by atoms with Crippen molar-refractivity contribution in [1.29, 1.82) is 0 Å². The second-order valence-electron chi connectivity index (χ2n) is 5.21. The van der Waals surface area contributed by atoms with Crippen LogP contribution in [0.4, 0.5) is 4.39 Å². The zero-order valence-corrected chi connectivity index (χ0v) is 13.1. The molecule has 0 saturated heterocycles. The van der Waals surface area contributed by atoms with Crippen molar-refractivity contribution in [3.63, 3.8) is 0 Å². The van der Waals surface area contributed by atoms with Crippen molar-refractivity contribution in [2.24, 2.45) is 11.8 Å². The summed E-state index contributed by atoms with van der Waals surface area (Å²) in [6.45, 7) is 0. The molecule has 19 heavy (non-hydrogen) atoms. The lowest BCUT2D eigenvalue weighted by Crippen LogP contribution is -2.29. The van der Waals surface area contributed by atoms with Gasteiger partial charge < -0.3 is 0 Å². The molecule has 1 fully saturated rings. The molecule has 0 aliphatic heterocycles. The molecule has 2 nitrogen and oxygen atoms in total. The molecule has 1 aliphatic rings. The van der Waals surface area contributed by atoms with E-state index in [0.29, 0.717) is 10.0 Å². The summed E-state index contributed by atoms with van der Waals surface area (Å²) < 4.78 is 14.7. The van der Waals surface area contributed by atoms with Gasteiger partial charge in [-0.15, -0.1) is 0 Å². The lowest BCUT2D eigenvalue weighted by molar-refractivity contribution is 0.407. The zero-order chi connectivity index (χ0) is 13.8. The van der Waals surface area contributed by atoms with Gasteiger partial charge in [0.1, 0.15) is 5.82 Å². The summed E-state index contributed by atoms with van der Waals surface area (Å²) in [5.41, 5.74) is 3.27. The number of hydrazine groups is 1. The smallest absolute Gasteiger partial charge is 0.147 e. The first-order chi connectivity index (χ1) is 9.13. The first kappa shape index (κ1) is 15.2. The highest BCUT2D eigenvalue weighted by Crippen LogP contribution is 2.34. The average molecular weight is 350 g/mol. The lowest BCUT2D eigenvalue weighted by Gasteiger charge is -2.19. The predicted octanol–water partition coefficient (Wildman–Crippen LogP) is 4.72. The topological polar surface area (TPSA) is 38.0 Å². The second kappa shape index (κ2) is 7.02. The van der Waals surface area contributed by atoms with Crippen LogP contribution in [-0.2, 0) is 0 Å². The molecular weight excluding hydrogens is 331 g/mol. The van der Waals surface area contributed by atoms with Crippen molar-refractivity contribution in [2.75, 3.05) is 0 Å². The Labute approximate surface area is 127 Å². The molecule has 0 aromatic heterocycles. The number of hydrogen-bond acceptors (Lipinski definition) is 2. The van der Waals surface area contributed by atoms with E-state index >= 15 is 0 Å². The fourth-order valence-corrected chi connectivity index (χ4v) is 3.32. The maximum absolute atomic E-state index is 14.1. The highest BCUT2D eigenvalue weighted by atomic mass is 79.9. The van der Waals surface area contributed by atoms with Crippen LogP contribution in [0, 0.1) is 11.7 Å². The molecule has 0 radical (unpaired) electrons. The van der Waals surface area contributed by atoms with Crippen LogP contribution in [0.2, 0.25) is 5.02 Å². The van der Waals surface area contributed by atoms with Crippen LogP contribution in [-0.4, -0.2) is 0 Å². The van der Waals surface area contributed by atoms with Crippen molar-refractivity contribution >= 4 is 27.5 Å². The summed E-state index contributed by atoms with van der Waals surface area (Å²) >= 11 is 9.14. The van der Waals surface area contributed by atoms with Crippen molar-refractivity contribution in [3.05, 3.63) is 33.0 Å². The molecule has 1 aromatic rings. The van der Waals surface area contributed by atoms with Crippen molar-refractivity contribution in [2.45, 2.75) is 44.6 Å². The average Bonchev–Trinajstić information content (AvgIpc) is 2.92. The molecule has 0 bridgehead atoms. The largest absolute Gasteiger partial charge is 0.271 e. The second-order valence-corrected chi connectivity index (χ2v) is 6.44. The molecule has 5 heteroatoms. The maximum atomic E-state index is 14.1. The van der Waals surface area contributed by atoms with Crippen LogP contribution in [0.25, 0.3) is 0 Å². The van der Waals surface area contributed by atoms with Gasteiger partial charge in [-0.3, -0.25) is 11.3 Å². The third-order valence-corrected chi connectivity index (χ3v) is 5.24. The van der Waals surface area contributed by atoms with Gasteiger partial charge in [0, 0.05) is 16.1 Å². The number of halogens is 3. The van der Waals surface area contributed by atoms with Gasteiger partial charge in [-0.05, 0) is 40.8 Å². The summed E-state index contributed by atoms with van der Waals surface area (Å²) in [5.74, 6) is 5.96. The number of rotatable bonds is 5. The van der Waals surface area contributed by atoms with E-state index in [2.05, 4.69) is 21.4 Å². The minimum atomic E-state index is -0.384. The zero-order valence-electron chi connectivity index (χ0n) is 10.8. The summed E-state index contributed by atoms with van der Waals surface area (Å²) in [4.78, 5) is 0. The van der Waals surface area contributed by atoms with Crippen LogP contribution in [0.5, 0.6) is 0 Å². The first-order valence-corrected chi connectivity index (χ1v) is 7.90. The molecule has 1 aromatic carbocycles. The molecule has 0 spiro atoms. The van der Waals surface area contributed by atoms with Gasteiger partial charge in [-0.25, -0.2) is 4.39 Å². The standard InChI is InChI=1S/C14H19BrClFN2/c15-11-7-6-10(14(17)13(11)16)12(19-18)8-5-9-3-1-2-4-9/h6-7,9,12,19H,1-5,8,18H2.